The summed E-state index contributed by atoms with van der Waals surface area (Å²) >= 11 is 0. The molecule has 3 atom stereocenters. The fourth-order valence-electron chi connectivity index (χ4n) is 4.79. The van der Waals surface area contributed by atoms with Crippen molar-refractivity contribution in [1.82, 2.24) is 4.90 Å². The minimum Gasteiger partial charge on any atom is -0.381 e. The van der Waals surface area contributed by atoms with Gasteiger partial charge in [-0.3, -0.25) is 4.90 Å². The van der Waals surface area contributed by atoms with Crippen LogP contribution in [0, 0.1) is 0 Å². The standard InChI is InChI=1S/C17H32N2O2/c1-20-16-5-9-19(15(11-16)13-18)14-6-10-21-17(12-14)7-3-2-4-8-17/h14-16H,2-13,18H2,1H3. The second-order valence-electron chi connectivity index (χ2n) is 7.25. The molecule has 2 N–H and O–H groups in total. The third-order valence-corrected chi connectivity index (χ3v) is 6.02. The van der Waals surface area contributed by atoms with Gasteiger partial charge in [-0.15, -0.1) is 0 Å². The highest BCUT2D eigenvalue weighted by Gasteiger charge is 2.42. The number of methoxy groups -OCH3 is 1. The van der Waals surface area contributed by atoms with Crippen LogP contribution in [0.4, 0.5) is 0 Å². The highest BCUT2D eigenvalue weighted by Crippen LogP contribution is 2.40. The van der Waals surface area contributed by atoms with E-state index in [0.717, 1.165) is 32.5 Å². The molecular formula is C17H32N2O2. The highest BCUT2D eigenvalue weighted by molar-refractivity contribution is 4.96. The third kappa shape index (κ3) is 3.44. The van der Waals surface area contributed by atoms with E-state index in [1.54, 1.807) is 0 Å². The van der Waals surface area contributed by atoms with Crippen LogP contribution < -0.4 is 5.73 Å². The smallest absolute Gasteiger partial charge is 0.0697 e. The molecule has 122 valence electrons. The second-order valence-corrected chi connectivity index (χ2v) is 7.25. The van der Waals surface area contributed by atoms with E-state index in [1.807, 2.05) is 7.11 Å². The molecule has 2 heterocycles. The summed E-state index contributed by atoms with van der Waals surface area (Å²) in [7, 11) is 1.83. The monoisotopic (exact) mass is 296 g/mol. The van der Waals surface area contributed by atoms with Crippen molar-refractivity contribution in [2.45, 2.75) is 81.6 Å². The lowest BCUT2D eigenvalue weighted by Gasteiger charge is -2.50. The van der Waals surface area contributed by atoms with Gasteiger partial charge in [0.25, 0.3) is 0 Å². The fourth-order valence-corrected chi connectivity index (χ4v) is 4.79. The van der Waals surface area contributed by atoms with Crippen LogP contribution >= 0.6 is 0 Å². The molecule has 2 aliphatic heterocycles. The van der Waals surface area contributed by atoms with E-state index in [2.05, 4.69) is 4.90 Å². The van der Waals surface area contributed by atoms with Gasteiger partial charge in [-0.05, 0) is 38.5 Å². The Labute approximate surface area is 129 Å². The van der Waals surface area contributed by atoms with Crippen LogP contribution in [0.15, 0.2) is 0 Å². The van der Waals surface area contributed by atoms with Gasteiger partial charge in [0, 0.05) is 38.9 Å². The van der Waals surface area contributed by atoms with Crippen molar-refractivity contribution in [3.05, 3.63) is 0 Å². The predicted molar refractivity (Wildman–Crippen MR) is 84.4 cm³/mol. The van der Waals surface area contributed by atoms with Crippen LogP contribution in [0.25, 0.3) is 0 Å². The number of hydrogen-bond donors (Lipinski definition) is 1. The molecule has 4 nitrogen and oxygen atoms in total. The van der Waals surface area contributed by atoms with Crippen molar-refractivity contribution in [2.75, 3.05) is 26.8 Å². The Morgan fingerprint density at radius 3 is 2.76 bits per heavy atom. The second kappa shape index (κ2) is 6.95. The fraction of sp³-hybridized carbons (Fsp3) is 1.00. The van der Waals surface area contributed by atoms with Gasteiger partial charge in [0.2, 0.25) is 0 Å². The Morgan fingerprint density at radius 2 is 2.05 bits per heavy atom. The zero-order chi connectivity index (χ0) is 14.7. The molecule has 3 rings (SSSR count). The number of nitrogens with zero attached hydrogens (tertiary/aromatic N) is 1. The Bertz CT molecular complexity index is 325. The molecule has 1 spiro atoms. The summed E-state index contributed by atoms with van der Waals surface area (Å²) in [5.41, 5.74) is 6.25. The Morgan fingerprint density at radius 1 is 1.24 bits per heavy atom. The molecule has 0 bridgehead atoms. The molecule has 4 heteroatoms. The number of piperidine rings is 1. The molecule has 0 radical (unpaired) electrons. The molecule has 0 aromatic heterocycles. The van der Waals surface area contributed by atoms with E-state index >= 15 is 0 Å². The van der Waals surface area contributed by atoms with Crippen LogP contribution in [0.1, 0.15) is 57.8 Å². The van der Waals surface area contributed by atoms with Crippen molar-refractivity contribution < 1.29 is 9.47 Å². The van der Waals surface area contributed by atoms with E-state index in [0.29, 0.717) is 18.2 Å². The minimum atomic E-state index is 0.193. The summed E-state index contributed by atoms with van der Waals surface area (Å²) < 4.78 is 11.8. The predicted octanol–water partition coefficient (Wildman–Crippen LogP) is 2.31. The molecule has 3 aliphatic rings. The molecule has 21 heavy (non-hydrogen) atoms. The van der Waals surface area contributed by atoms with Gasteiger partial charge in [0.05, 0.1) is 11.7 Å². The van der Waals surface area contributed by atoms with Gasteiger partial charge in [0.15, 0.2) is 0 Å². The molecule has 0 amide bonds. The quantitative estimate of drug-likeness (QED) is 0.868. The van der Waals surface area contributed by atoms with Gasteiger partial charge in [0.1, 0.15) is 0 Å². The van der Waals surface area contributed by atoms with Crippen molar-refractivity contribution in [1.29, 1.82) is 0 Å². The summed E-state index contributed by atoms with van der Waals surface area (Å²) in [6, 6.07) is 1.16. The largest absolute Gasteiger partial charge is 0.381 e. The molecule has 0 aromatic carbocycles. The average molecular weight is 296 g/mol. The first-order valence-corrected chi connectivity index (χ1v) is 8.89. The van der Waals surface area contributed by atoms with Crippen molar-refractivity contribution in [3.63, 3.8) is 0 Å². The number of hydrogen-bond acceptors (Lipinski definition) is 4. The van der Waals surface area contributed by atoms with Gasteiger partial charge in [-0.2, -0.15) is 0 Å². The van der Waals surface area contributed by atoms with Crippen LogP contribution in [-0.2, 0) is 9.47 Å². The summed E-state index contributed by atoms with van der Waals surface area (Å²) in [5.74, 6) is 0. The molecule has 1 saturated carbocycles. The van der Waals surface area contributed by atoms with E-state index in [1.165, 1.54) is 44.9 Å². The van der Waals surface area contributed by atoms with Gasteiger partial charge >= 0.3 is 0 Å². The lowest BCUT2D eigenvalue weighted by Crippen LogP contribution is -2.57. The number of rotatable bonds is 3. The van der Waals surface area contributed by atoms with Gasteiger partial charge in [-0.1, -0.05) is 19.3 Å². The van der Waals surface area contributed by atoms with Crippen molar-refractivity contribution in [2.24, 2.45) is 5.73 Å². The topological polar surface area (TPSA) is 47.7 Å². The van der Waals surface area contributed by atoms with Crippen LogP contribution in [0.3, 0.4) is 0 Å². The minimum absolute atomic E-state index is 0.193. The van der Waals surface area contributed by atoms with Crippen molar-refractivity contribution >= 4 is 0 Å². The molecule has 0 aromatic rings. The third-order valence-electron chi connectivity index (χ3n) is 6.02. The highest BCUT2D eigenvalue weighted by atomic mass is 16.5. The lowest BCUT2D eigenvalue weighted by atomic mass is 9.77. The maximum atomic E-state index is 6.26. The summed E-state index contributed by atoms with van der Waals surface area (Å²) in [6.45, 7) is 2.83. The summed E-state index contributed by atoms with van der Waals surface area (Å²) in [5, 5.41) is 0. The normalized spacial score (nSPS) is 37.7. The van der Waals surface area contributed by atoms with E-state index in [4.69, 9.17) is 15.2 Å². The van der Waals surface area contributed by atoms with E-state index in [9.17, 15) is 0 Å². The van der Waals surface area contributed by atoms with E-state index in [-0.39, 0.29) is 5.60 Å². The van der Waals surface area contributed by atoms with Crippen LogP contribution in [0.5, 0.6) is 0 Å². The summed E-state index contributed by atoms with van der Waals surface area (Å²) in [4.78, 5) is 2.69. The van der Waals surface area contributed by atoms with Crippen molar-refractivity contribution in [3.8, 4) is 0 Å². The van der Waals surface area contributed by atoms with Gasteiger partial charge in [-0.25, -0.2) is 0 Å². The maximum absolute atomic E-state index is 6.26. The number of nitrogens with two attached hydrogens (primary N) is 1. The molecule has 3 fully saturated rings. The molecule has 3 unspecified atom stereocenters. The van der Waals surface area contributed by atoms with E-state index < -0.39 is 0 Å². The number of likely N-dealkylation sites (tertiary alicyclic amines) is 1. The zero-order valence-corrected chi connectivity index (χ0v) is 13.6. The Kier molecular flexibility index (Phi) is 5.20. The SMILES string of the molecule is COC1CCN(C2CCOC3(CCCCC3)C2)C(CN)C1. The maximum Gasteiger partial charge on any atom is 0.0697 e. The number of ether oxygens (including phenoxy) is 2. The Hall–Kier alpha value is -0.160. The Balaban J connectivity index is 1.64. The first kappa shape index (κ1) is 15.7. The molecular weight excluding hydrogens is 264 g/mol. The lowest BCUT2D eigenvalue weighted by molar-refractivity contribution is -0.134. The molecule has 2 saturated heterocycles. The van der Waals surface area contributed by atoms with Crippen LogP contribution in [-0.4, -0.2) is 55.5 Å². The first-order valence-electron chi connectivity index (χ1n) is 8.89. The van der Waals surface area contributed by atoms with Gasteiger partial charge < -0.3 is 15.2 Å². The average Bonchev–Trinajstić information content (AvgIpc) is 2.55. The summed E-state index contributed by atoms with van der Waals surface area (Å²) in [6.07, 6.45) is 11.7. The first-order chi connectivity index (χ1) is 10.3. The van der Waals surface area contributed by atoms with Crippen LogP contribution in [0.2, 0.25) is 0 Å². The zero-order valence-electron chi connectivity index (χ0n) is 13.6. The molecule has 1 aliphatic carbocycles.